The first-order valence-corrected chi connectivity index (χ1v) is 9.40. The van der Waals surface area contributed by atoms with Crippen LogP contribution in [0.4, 0.5) is 0 Å². The van der Waals surface area contributed by atoms with Gasteiger partial charge in [-0.3, -0.25) is 0 Å². The summed E-state index contributed by atoms with van der Waals surface area (Å²) in [7, 11) is 0. The maximum atomic E-state index is 10.9. The SMILES string of the molecule is C[C@]12CCc3occc3[C@@H]1CCC13CC(CC[C@@H]12)[C@](O)(CO)C3. The standard InChI is InChI=1S/C20H28O3/c1-18-7-5-16-14(6-9-23-16)15(18)4-8-19-10-13(2-3-17(18)19)20(22,11-19)12-21/h6,9,13,15,17,21-22H,2-5,7-8,10-12H2,1H3/t13?,15-,17+,18-,19?,20+/m0/s1. The molecule has 0 amide bonds. The molecule has 0 aliphatic heterocycles. The highest BCUT2D eigenvalue weighted by Gasteiger charge is 2.65. The van der Waals surface area contributed by atoms with E-state index in [0.29, 0.717) is 23.2 Å². The third kappa shape index (κ3) is 1.68. The molecular formula is C20H28O3. The second kappa shape index (κ2) is 4.43. The van der Waals surface area contributed by atoms with Crippen LogP contribution < -0.4 is 0 Å². The normalized spacial score (nSPS) is 51.0. The number of hydrogen-bond donors (Lipinski definition) is 2. The van der Waals surface area contributed by atoms with Crippen LogP contribution in [0.2, 0.25) is 0 Å². The summed E-state index contributed by atoms with van der Waals surface area (Å²) >= 11 is 0. The molecule has 2 N–H and O–H groups in total. The lowest BCUT2D eigenvalue weighted by Crippen LogP contribution is -2.51. The molecule has 126 valence electrons. The summed E-state index contributed by atoms with van der Waals surface area (Å²) in [6.07, 6.45) is 10.9. The predicted octanol–water partition coefficient (Wildman–Crippen LogP) is 3.64. The fourth-order valence-corrected chi connectivity index (χ4v) is 7.51. The molecule has 1 spiro atoms. The summed E-state index contributed by atoms with van der Waals surface area (Å²) in [4.78, 5) is 0. The molecule has 1 aromatic heterocycles. The van der Waals surface area contributed by atoms with Gasteiger partial charge in [-0.25, -0.2) is 0 Å². The van der Waals surface area contributed by atoms with Gasteiger partial charge in [-0.05, 0) is 85.2 Å². The largest absolute Gasteiger partial charge is 0.469 e. The molecule has 1 aromatic rings. The molecule has 2 unspecified atom stereocenters. The fourth-order valence-electron chi connectivity index (χ4n) is 7.51. The summed E-state index contributed by atoms with van der Waals surface area (Å²) < 4.78 is 5.72. The van der Waals surface area contributed by atoms with Gasteiger partial charge >= 0.3 is 0 Å². The van der Waals surface area contributed by atoms with Crippen molar-refractivity contribution in [3.05, 3.63) is 23.7 Å². The molecule has 4 aliphatic rings. The van der Waals surface area contributed by atoms with E-state index >= 15 is 0 Å². The number of fused-ring (bicyclic) bond motifs is 5. The lowest BCUT2D eigenvalue weighted by Gasteiger charge is -2.59. The maximum absolute atomic E-state index is 10.9. The summed E-state index contributed by atoms with van der Waals surface area (Å²) in [6, 6.07) is 2.21. The topological polar surface area (TPSA) is 53.6 Å². The van der Waals surface area contributed by atoms with Crippen LogP contribution in [0.25, 0.3) is 0 Å². The Morgan fingerprint density at radius 1 is 1.26 bits per heavy atom. The quantitative estimate of drug-likeness (QED) is 0.831. The Kier molecular flexibility index (Phi) is 2.80. The van der Waals surface area contributed by atoms with E-state index in [-0.39, 0.29) is 12.0 Å². The third-order valence-corrected chi connectivity index (χ3v) is 8.46. The summed E-state index contributed by atoms with van der Waals surface area (Å²) in [5.74, 6) is 2.85. The molecule has 0 saturated heterocycles. The zero-order chi connectivity index (χ0) is 15.9. The van der Waals surface area contributed by atoms with E-state index in [1.54, 1.807) is 0 Å². The van der Waals surface area contributed by atoms with Crippen LogP contribution >= 0.6 is 0 Å². The Labute approximate surface area is 138 Å². The van der Waals surface area contributed by atoms with Crippen LogP contribution in [0.1, 0.15) is 69.1 Å². The van der Waals surface area contributed by atoms with Crippen LogP contribution in [0.3, 0.4) is 0 Å². The minimum atomic E-state index is -0.812. The zero-order valence-electron chi connectivity index (χ0n) is 14.1. The van der Waals surface area contributed by atoms with Gasteiger partial charge in [0.25, 0.3) is 0 Å². The lowest BCUT2D eigenvalue weighted by molar-refractivity contribution is -0.0727. The lowest BCUT2D eigenvalue weighted by atomic mass is 9.45. The van der Waals surface area contributed by atoms with Crippen molar-refractivity contribution in [2.45, 2.75) is 69.8 Å². The van der Waals surface area contributed by atoms with Crippen LogP contribution in [-0.2, 0) is 6.42 Å². The first-order chi connectivity index (χ1) is 11.0. The van der Waals surface area contributed by atoms with Crippen molar-refractivity contribution >= 4 is 0 Å². The van der Waals surface area contributed by atoms with Crippen molar-refractivity contribution in [2.75, 3.05) is 6.61 Å². The van der Waals surface area contributed by atoms with Gasteiger partial charge in [0.05, 0.1) is 18.5 Å². The van der Waals surface area contributed by atoms with Crippen LogP contribution in [0.15, 0.2) is 16.7 Å². The number of furan rings is 1. The van der Waals surface area contributed by atoms with E-state index in [9.17, 15) is 10.2 Å². The molecule has 0 aromatic carbocycles. The van der Waals surface area contributed by atoms with E-state index in [4.69, 9.17) is 4.42 Å². The average Bonchev–Trinajstić information content (AvgIpc) is 3.09. The highest BCUT2D eigenvalue weighted by Crippen LogP contribution is 2.71. The predicted molar refractivity (Wildman–Crippen MR) is 87.0 cm³/mol. The Morgan fingerprint density at radius 3 is 2.96 bits per heavy atom. The number of rotatable bonds is 1. The van der Waals surface area contributed by atoms with Crippen molar-refractivity contribution in [1.29, 1.82) is 0 Å². The van der Waals surface area contributed by atoms with Gasteiger partial charge in [0.1, 0.15) is 5.76 Å². The van der Waals surface area contributed by atoms with E-state index in [0.717, 1.165) is 25.7 Å². The number of aliphatic hydroxyl groups excluding tert-OH is 1. The van der Waals surface area contributed by atoms with Crippen molar-refractivity contribution < 1.29 is 14.6 Å². The number of aryl methyl sites for hydroxylation is 1. The van der Waals surface area contributed by atoms with E-state index in [1.165, 1.54) is 37.0 Å². The highest BCUT2D eigenvalue weighted by molar-refractivity contribution is 5.31. The Morgan fingerprint density at radius 2 is 2.13 bits per heavy atom. The van der Waals surface area contributed by atoms with Crippen molar-refractivity contribution in [3.63, 3.8) is 0 Å². The average molecular weight is 316 g/mol. The minimum absolute atomic E-state index is 0.0574. The summed E-state index contributed by atoms with van der Waals surface area (Å²) in [5.41, 5.74) is 1.26. The molecule has 6 atom stereocenters. The van der Waals surface area contributed by atoms with Gasteiger partial charge in [0, 0.05) is 6.42 Å². The molecule has 3 fully saturated rings. The Hall–Kier alpha value is -0.800. The van der Waals surface area contributed by atoms with E-state index in [1.807, 2.05) is 6.26 Å². The van der Waals surface area contributed by atoms with Crippen molar-refractivity contribution in [3.8, 4) is 0 Å². The molecule has 4 aliphatic carbocycles. The van der Waals surface area contributed by atoms with Crippen molar-refractivity contribution in [2.24, 2.45) is 22.7 Å². The van der Waals surface area contributed by atoms with Gasteiger partial charge in [-0.2, -0.15) is 0 Å². The second-order valence-corrected chi connectivity index (χ2v) is 9.23. The van der Waals surface area contributed by atoms with E-state index in [2.05, 4.69) is 13.0 Å². The molecule has 2 bridgehead atoms. The Balaban J connectivity index is 1.56. The molecule has 3 saturated carbocycles. The first kappa shape index (κ1) is 14.5. The summed E-state index contributed by atoms with van der Waals surface area (Å²) in [5, 5.41) is 20.7. The van der Waals surface area contributed by atoms with Gasteiger partial charge in [0.15, 0.2) is 0 Å². The number of hydrogen-bond acceptors (Lipinski definition) is 3. The van der Waals surface area contributed by atoms with Crippen molar-refractivity contribution in [1.82, 2.24) is 0 Å². The molecule has 5 rings (SSSR count). The van der Waals surface area contributed by atoms with Crippen LogP contribution in [0, 0.1) is 22.7 Å². The maximum Gasteiger partial charge on any atom is 0.107 e. The van der Waals surface area contributed by atoms with Gasteiger partial charge in [-0.1, -0.05) is 6.92 Å². The smallest absolute Gasteiger partial charge is 0.107 e. The molecule has 3 heteroatoms. The molecule has 0 radical (unpaired) electrons. The van der Waals surface area contributed by atoms with Gasteiger partial charge < -0.3 is 14.6 Å². The Bertz CT molecular complexity index is 637. The fraction of sp³-hybridized carbons (Fsp3) is 0.800. The zero-order valence-corrected chi connectivity index (χ0v) is 14.1. The molecular weight excluding hydrogens is 288 g/mol. The first-order valence-electron chi connectivity index (χ1n) is 9.40. The number of aliphatic hydroxyl groups is 2. The third-order valence-electron chi connectivity index (χ3n) is 8.46. The van der Waals surface area contributed by atoms with E-state index < -0.39 is 5.60 Å². The van der Waals surface area contributed by atoms with Crippen LogP contribution in [0.5, 0.6) is 0 Å². The monoisotopic (exact) mass is 316 g/mol. The molecule has 1 heterocycles. The van der Waals surface area contributed by atoms with Crippen LogP contribution in [-0.4, -0.2) is 22.4 Å². The van der Waals surface area contributed by atoms with Gasteiger partial charge in [-0.15, -0.1) is 0 Å². The minimum Gasteiger partial charge on any atom is -0.469 e. The molecule has 3 nitrogen and oxygen atoms in total. The van der Waals surface area contributed by atoms with Gasteiger partial charge in [0.2, 0.25) is 0 Å². The summed E-state index contributed by atoms with van der Waals surface area (Å²) in [6.45, 7) is 2.45. The highest BCUT2D eigenvalue weighted by atomic mass is 16.3. The second-order valence-electron chi connectivity index (χ2n) is 9.23. The molecule has 23 heavy (non-hydrogen) atoms.